The summed E-state index contributed by atoms with van der Waals surface area (Å²) in [4.78, 5) is 11.1. The molecule has 0 aliphatic heterocycles. The van der Waals surface area contributed by atoms with Crippen molar-refractivity contribution in [3.05, 3.63) is 0 Å². The van der Waals surface area contributed by atoms with Crippen LogP contribution >= 0.6 is 8.73 Å². The highest BCUT2D eigenvalue weighted by atomic mass is 31.1. The Labute approximate surface area is 69.7 Å². The van der Waals surface area contributed by atoms with E-state index >= 15 is 0 Å². The van der Waals surface area contributed by atoms with E-state index in [-0.39, 0.29) is 18.1 Å². The quantitative estimate of drug-likeness (QED) is 0.517. The van der Waals surface area contributed by atoms with Gasteiger partial charge < -0.3 is 4.74 Å². The number of nitrogens with one attached hydrogen (secondary N) is 1. The minimum absolute atomic E-state index is 0.0214. The fourth-order valence-corrected chi connectivity index (χ4v) is 1.16. The molecule has 3 nitrogen and oxygen atoms in total. The van der Waals surface area contributed by atoms with E-state index in [1.807, 2.05) is 20.5 Å². The van der Waals surface area contributed by atoms with Crippen molar-refractivity contribution in [1.82, 2.24) is 5.09 Å². The van der Waals surface area contributed by atoms with E-state index in [4.69, 9.17) is 4.74 Å². The van der Waals surface area contributed by atoms with Gasteiger partial charge in [-0.25, -0.2) is 0 Å². The molecule has 4 heteroatoms. The average Bonchev–Trinajstić information content (AvgIpc) is 1.86. The number of ether oxygens (including phenoxy) is 1. The highest BCUT2D eigenvalue weighted by Gasteiger charge is 2.13. The summed E-state index contributed by atoms with van der Waals surface area (Å²) >= 11 is 0. The Morgan fingerprint density at radius 2 is 2.00 bits per heavy atom. The minimum atomic E-state index is -0.180. The third-order valence-electron chi connectivity index (χ3n) is 1.07. The Hall–Kier alpha value is -0.140. The molecule has 2 atom stereocenters. The summed E-state index contributed by atoms with van der Waals surface area (Å²) in [6, 6.07) is -0.180. The Morgan fingerprint density at radius 3 is 2.36 bits per heavy atom. The first-order chi connectivity index (χ1) is 5.07. The van der Waals surface area contributed by atoms with Crippen LogP contribution in [0.25, 0.3) is 0 Å². The molecule has 0 aliphatic carbocycles. The third kappa shape index (κ3) is 5.16. The number of rotatable bonds is 4. The smallest absolute Gasteiger partial charge is 0.323 e. The van der Waals surface area contributed by atoms with Crippen LogP contribution in [0.2, 0.25) is 0 Å². The maximum Gasteiger partial charge on any atom is 0.323 e. The molecule has 0 aliphatic rings. The van der Waals surface area contributed by atoms with Gasteiger partial charge in [-0.1, -0.05) is 8.73 Å². The normalized spacial score (nSPS) is 14.3. The molecule has 11 heavy (non-hydrogen) atoms. The van der Waals surface area contributed by atoms with E-state index in [0.29, 0.717) is 8.73 Å². The van der Waals surface area contributed by atoms with Crippen LogP contribution in [-0.2, 0) is 9.53 Å². The monoisotopic (exact) mass is 177 g/mol. The molecule has 1 unspecified atom stereocenters. The molecule has 0 fully saturated rings. The molecule has 0 heterocycles. The minimum Gasteiger partial charge on any atom is -0.462 e. The predicted octanol–water partition coefficient (Wildman–Crippen LogP) is 1.14. The second kappa shape index (κ2) is 5.50. The number of esters is 1. The van der Waals surface area contributed by atoms with Gasteiger partial charge in [0, 0.05) is 0 Å². The topological polar surface area (TPSA) is 38.3 Å². The standard InChI is InChI=1S/C7H16NO2P/c1-5(2)10-7(9)6(3)8-11-4/h5-6,8,11H,1-4H3/t6-/m0/s1. The Bertz CT molecular complexity index is 128. The van der Waals surface area contributed by atoms with E-state index in [9.17, 15) is 4.79 Å². The van der Waals surface area contributed by atoms with Crippen LogP contribution in [0.5, 0.6) is 0 Å². The zero-order valence-corrected chi connectivity index (χ0v) is 8.47. The van der Waals surface area contributed by atoms with Gasteiger partial charge in [0.05, 0.1) is 6.10 Å². The zero-order valence-electron chi connectivity index (χ0n) is 7.47. The van der Waals surface area contributed by atoms with Crippen molar-refractivity contribution in [2.75, 3.05) is 6.66 Å². The fourth-order valence-electron chi connectivity index (χ4n) is 0.610. The van der Waals surface area contributed by atoms with E-state index < -0.39 is 0 Å². The van der Waals surface area contributed by atoms with Gasteiger partial charge in [0.2, 0.25) is 0 Å². The predicted molar refractivity (Wildman–Crippen MR) is 48.1 cm³/mol. The molecule has 0 saturated heterocycles. The van der Waals surface area contributed by atoms with Crippen molar-refractivity contribution in [3.63, 3.8) is 0 Å². The molecule has 0 radical (unpaired) electrons. The van der Waals surface area contributed by atoms with Gasteiger partial charge in [-0.15, -0.1) is 0 Å². The fraction of sp³-hybridized carbons (Fsp3) is 0.857. The summed E-state index contributed by atoms with van der Waals surface area (Å²) in [5, 5.41) is 3.00. The number of carbonyl (C=O) groups is 1. The first kappa shape index (κ1) is 10.9. The lowest BCUT2D eigenvalue weighted by molar-refractivity contribution is -0.148. The summed E-state index contributed by atoms with van der Waals surface area (Å²) in [5.74, 6) is -0.172. The molecule has 0 saturated carbocycles. The van der Waals surface area contributed by atoms with Gasteiger partial charge in [0.1, 0.15) is 6.04 Å². The maximum absolute atomic E-state index is 11.1. The van der Waals surface area contributed by atoms with Crippen molar-refractivity contribution in [1.29, 1.82) is 0 Å². The van der Waals surface area contributed by atoms with Gasteiger partial charge in [0.25, 0.3) is 0 Å². The van der Waals surface area contributed by atoms with Crippen molar-refractivity contribution < 1.29 is 9.53 Å². The summed E-state index contributed by atoms with van der Waals surface area (Å²) in [5.41, 5.74) is 0. The Morgan fingerprint density at radius 1 is 1.45 bits per heavy atom. The van der Waals surface area contributed by atoms with Gasteiger partial charge >= 0.3 is 5.97 Å². The Balaban J connectivity index is 3.64. The Kier molecular flexibility index (Phi) is 5.43. The average molecular weight is 177 g/mol. The first-order valence-electron chi connectivity index (χ1n) is 3.70. The van der Waals surface area contributed by atoms with Crippen molar-refractivity contribution >= 4 is 14.7 Å². The number of hydrogen-bond acceptors (Lipinski definition) is 3. The van der Waals surface area contributed by atoms with Crippen LogP contribution in [0.3, 0.4) is 0 Å². The van der Waals surface area contributed by atoms with Crippen LogP contribution in [-0.4, -0.2) is 24.8 Å². The molecule has 0 spiro atoms. The van der Waals surface area contributed by atoms with Gasteiger partial charge in [-0.3, -0.25) is 9.88 Å². The lowest BCUT2D eigenvalue weighted by Crippen LogP contribution is -2.31. The lowest BCUT2D eigenvalue weighted by Gasteiger charge is -2.13. The molecular weight excluding hydrogens is 161 g/mol. The van der Waals surface area contributed by atoms with Crippen LogP contribution in [0, 0.1) is 0 Å². The van der Waals surface area contributed by atoms with E-state index in [1.165, 1.54) is 0 Å². The van der Waals surface area contributed by atoms with Crippen molar-refractivity contribution in [3.8, 4) is 0 Å². The molecule has 0 amide bonds. The van der Waals surface area contributed by atoms with Crippen molar-refractivity contribution in [2.24, 2.45) is 0 Å². The highest BCUT2D eigenvalue weighted by Crippen LogP contribution is 2.00. The second-order valence-electron chi connectivity index (χ2n) is 2.60. The van der Waals surface area contributed by atoms with Crippen LogP contribution in [0.4, 0.5) is 0 Å². The second-order valence-corrected chi connectivity index (χ2v) is 3.39. The molecule has 0 aromatic carbocycles. The molecule has 0 rings (SSSR count). The zero-order chi connectivity index (χ0) is 8.85. The SMILES string of the molecule is CPN[C@@H](C)C(=O)OC(C)C. The van der Waals surface area contributed by atoms with Crippen LogP contribution < -0.4 is 5.09 Å². The molecule has 66 valence electrons. The third-order valence-corrected chi connectivity index (χ3v) is 1.79. The summed E-state index contributed by atoms with van der Waals surface area (Å²) < 4.78 is 4.97. The molecule has 0 aromatic rings. The lowest BCUT2D eigenvalue weighted by atomic mass is 10.4. The van der Waals surface area contributed by atoms with E-state index in [0.717, 1.165) is 0 Å². The van der Waals surface area contributed by atoms with Gasteiger partial charge in [0.15, 0.2) is 0 Å². The number of hydrogen-bond donors (Lipinski definition) is 1. The summed E-state index contributed by atoms with van der Waals surface area (Å²) in [6.07, 6.45) is -0.0214. The maximum atomic E-state index is 11.1. The van der Waals surface area contributed by atoms with Crippen LogP contribution in [0.15, 0.2) is 0 Å². The summed E-state index contributed by atoms with van der Waals surface area (Å²) in [6.45, 7) is 7.48. The van der Waals surface area contributed by atoms with E-state index in [2.05, 4.69) is 5.09 Å². The molecular formula is C7H16NO2P. The molecule has 0 bridgehead atoms. The van der Waals surface area contributed by atoms with Gasteiger partial charge in [-0.2, -0.15) is 0 Å². The van der Waals surface area contributed by atoms with Gasteiger partial charge in [-0.05, 0) is 27.4 Å². The molecule has 1 N–H and O–H groups in total. The van der Waals surface area contributed by atoms with E-state index in [1.54, 1.807) is 6.92 Å². The largest absolute Gasteiger partial charge is 0.462 e. The first-order valence-corrected chi connectivity index (χ1v) is 5.20. The number of carbonyl (C=O) groups excluding carboxylic acids is 1. The summed E-state index contributed by atoms with van der Waals surface area (Å²) in [7, 11) is 0.577. The van der Waals surface area contributed by atoms with Crippen LogP contribution in [0.1, 0.15) is 20.8 Å². The molecule has 0 aromatic heterocycles. The highest BCUT2D eigenvalue weighted by molar-refractivity contribution is 7.34. The van der Waals surface area contributed by atoms with Crippen molar-refractivity contribution in [2.45, 2.75) is 32.9 Å².